The van der Waals surface area contributed by atoms with E-state index in [1.165, 1.54) is 25.7 Å². The van der Waals surface area contributed by atoms with Gasteiger partial charge in [-0.2, -0.15) is 0 Å². The van der Waals surface area contributed by atoms with Crippen LogP contribution in [0.15, 0.2) is 24.3 Å². The topological polar surface area (TPSA) is 32.3 Å². The maximum atomic E-state index is 12.4. The number of rotatable bonds is 7. The Balaban J connectivity index is 1.97. The zero-order valence-electron chi connectivity index (χ0n) is 13.6. The van der Waals surface area contributed by atoms with Crippen molar-refractivity contribution in [2.75, 3.05) is 18.4 Å². The van der Waals surface area contributed by atoms with Crippen LogP contribution in [-0.4, -0.2) is 29.9 Å². The first-order chi connectivity index (χ1) is 10.1. The van der Waals surface area contributed by atoms with Gasteiger partial charge in [0.2, 0.25) is 0 Å². The molecule has 1 aromatic carbocycles. The van der Waals surface area contributed by atoms with Crippen molar-refractivity contribution < 1.29 is 4.79 Å². The van der Waals surface area contributed by atoms with Crippen molar-refractivity contribution in [2.24, 2.45) is 5.92 Å². The summed E-state index contributed by atoms with van der Waals surface area (Å²) in [5, 5.41) is 3.54. The smallest absolute Gasteiger partial charge is 0.253 e. The van der Waals surface area contributed by atoms with Gasteiger partial charge in [0, 0.05) is 30.4 Å². The highest BCUT2D eigenvalue weighted by Crippen LogP contribution is 2.31. The molecule has 1 aromatic rings. The molecule has 1 fully saturated rings. The van der Waals surface area contributed by atoms with E-state index in [0.29, 0.717) is 6.04 Å². The molecule has 1 saturated carbocycles. The van der Waals surface area contributed by atoms with E-state index in [2.05, 4.69) is 18.3 Å². The van der Waals surface area contributed by atoms with Crippen molar-refractivity contribution in [3.63, 3.8) is 0 Å². The number of hydrogen-bond donors (Lipinski definition) is 1. The molecule has 116 valence electrons. The summed E-state index contributed by atoms with van der Waals surface area (Å²) in [4.78, 5) is 14.2. The Morgan fingerprint density at radius 3 is 2.62 bits per heavy atom. The Labute approximate surface area is 128 Å². The molecule has 21 heavy (non-hydrogen) atoms. The summed E-state index contributed by atoms with van der Waals surface area (Å²) < 4.78 is 0. The van der Waals surface area contributed by atoms with Gasteiger partial charge in [0.25, 0.3) is 5.91 Å². The molecule has 1 aliphatic carbocycles. The summed E-state index contributed by atoms with van der Waals surface area (Å²) in [6, 6.07) is 8.38. The average molecular weight is 288 g/mol. The van der Waals surface area contributed by atoms with Gasteiger partial charge in [-0.05, 0) is 51.3 Å². The summed E-state index contributed by atoms with van der Waals surface area (Å²) in [6.07, 6.45) is 5.39. The maximum absolute atomic E-state index is 12.4. The molecule has 1 amide bonds. The third kappa shape index (κ3) is 4.23. The van der Waals surface area contributed by atoms with Crippen LogP contribution in [0.5, 0.6) is 0 Å². The summed E-state index contributed by atoms with van der Waals surface area (Å²) in [5.74, 6) is 1.02. The maximum Gasteiger partial charge on any atom is 0.253 e. The normalized spacial score (nSPS) is 16.1. The van der Waals surface area contributed by atoms with E-state index in [1.54, 1.807) is 0 Å². The van der Waals surface area contributed by atoms with Gasteiger partial charge in [0.1, 0.15) is 0 Å². The number of nitrogens with zero attached hydrogens (tertiary/aromatic N) is 1. The van der Waals surface area contributed by atoms with Crippen LogP contribution in [0.2, 0.25) is 0 Å². The van der Waals surface area contributed by atoms with Gasteiger partial charge in [0.15, 0.2) is 0 Å². The highest BCUT2D eigenvalue weighted by atomic mass is 16.2. The largest absolute Gasteiger partial charge is 0.383 e. The lowest BCUT2D eigenvalue weighted by Crippen LogP contribution is -2.30. The van der Waals surface area contributed by atoms with Gasteiger partial charge in [-0.15, -0.1) is 0 Å². The van der Waals surface area contributed by atoms with Crippen LogP contribution in [0.1, 0.15) is 56.8 Å². The first kappa shape index (κ1) is 15.9. The number of anilines is 1. The molecule has 1 unspecified atom stereocenters. The van der Waals surface area contributed by atoms with Gasteiger partial charge in [-0.25, -0.2) is 0 Å². The van der Waals surface area contributed by atoms with Crippen molar-refractivity contribution in [3.8, 4) is 0 Å². The fourth-order valence-corrected chi connectivity index (χ4v) is 3.01. The Morgan fingerprint density at radius 1 is 1.33 bits per heavy atom. The van der Waals surface area contributed by atoms with Crippen molar-refractivity contribution in [1.29, 1.82) is 0 Å². The van der Waals surface area contributed by atoms with Gasteiger partial charge in [0.05, 0.1) is 0 Å². The van der Waals surface area contributed by atoms with Crippen molar-refractivity contribution in [3.05, 3.63) is 29.8 Å². The SMILES string of the molecule is CCN(CC)C(=O)c1cccc(NC(C)CC2CCC2)c1. The molecule has 1 atom stereocenters. The molecule has 0 aromatic heterocycles. The lowest BCUT2D eigenvalue weighted by atomic mass is 9.81. The number of nitrogens with one attached hydrogen (secondary N) is 1. The number of hydrogen-bond acceptors (Lipinski definition) is 2. The molecule has 1 aliphatic rings. The number of carbonyl (C=O) groups excluding carboxylic acids is 1. The summed E-state index contributed by atoms with van der Waals surface area (Å²) >= 11 is 0. The van der Waals surface area contributed by atoms with Crippen LogP contribution < -0.4 is 5.32 Å². The Bertz CT molecular complexity index is 464. The molecule has 0 heterocycles. The van der Waals surface area contributed by atoms with Crippen LogP contribution in [0.25, 0.3) is 0 Å². The minimum Gasteiger partial charge on any atom is -0.383 e. The van der Waals surface area contributed by atoms with Crippen molar-refractivity contribution >= 4 is 11.6 Å². The molecule has 0 radical (unpaired) electrons. The van der Waals surface area contributed by atoms with E-state index in [9.17, 15) is 4.79 Å². The molecule has 0 aliphatic heterocycles. The second-order valence-electron chi connectivity index (χ2n) is 6.14. The molecule has 0 bridgehead atoms. The van der Waals surface area contributed by atoms with E-state index in [1.807, 2.05) is 36.9 Å². The van der Waals surface area contributed by atoms with Gasteiger partial charge in [-0.3, -0.25) is 4.79 Å². The molecule has 3 heteroatoms. The second kappa shape index (κ2) is 7.48. The van der Waals surface area contributed by atoms with Crippen molar-refractivity contribution in [1.82, 2.24) is 4.90 Å². The third-order valence-corrected chi connectivity index (χ3v) is 4.48. The fraction of sp³-hybridized carbons (Fsp3) is 0.611. The monoisotopic (exact) mass is 288 g/mol. The number of benzene rings is 1. The first-order valence-corrected chi connectivity index (χ1v) is 8.29. The van der Waals surface area contributed by atoms with Crippen molar-refractivity contribution in [2.45, 2.75) is 52.5 Å². The van der Waals surface area contributed by atoms with Crippen LogP contribution in [-0.2, 0) is 0 Å². The molecular weight excluding hydrogens is 260 g/mol. The minimum atomic E-state index is 0.121. The molecule has 0 saturated heterocycles. The zero-order valence-corrected chi connectivity index (χ0v) is 13.6. The lowest BCUT2D eigenvalue weighted by Gasteiger charge is -2.29. The molecule has 1 N–H and O–H groups in total. The lowest BCUT2D eigenvalue weighted by molar-refractivity contribution is 0.0773. The predicted molar refractivity (Wildman–Crippen MR) is 88.7 cm³/mol. The van der Waals surface area contributed by atoms with E-state index >= 15 is 0 Å². The number of amides is 1. The van der Waals surface area contributed by atoms with Gasteiger partial charge >= 0.3 is 0 Å². The summed E-state index contributed by atoms with van der Waals surface area (Å²) in [7, 11) is 0. The summed E-state index contributed by atoms with van der Waals surface area (Å²) in [6.45, 7) is 7.78. The molecular formula is C18H28N2O. The quantitative estimate of drug-likeness (QED) is 0.817. The van der Waals surface area contributed by atoms with E-state index < -0.39 is 0 Å². The van der Waals surface area contributed by atoms with Crippen LogP contribution >= 0.6 is 0 Å². The molecule has 2 rings (SSSR count). The van der Waals surface area contributed by atoms with Crippen LogP contribution in [0, 0.1) is 5.92 Å². The Morgan fingerprint density at radius 2 is 2.05 bits per heavy atom. The van der Waals surface area contributed by atoms with E-state index in [0.717, 1.165) is 30.3 Å². The molecule has 0 spiro atoms. The third-order valence-electron chi connectivity index (χ3n) is 4.48. The average Bonchev–Trinajstić information content (AvgIpc) is 2.44. The highest BCUT2D eigenvalue weighted by molar-refractivity contribution is 5.95. The standard InChI is InChI=1S/C18H28N2O/c1-4-20(5-2)18(21)16-10-7-11-17(13-16)19-14(3)12-15-8-6-9-15/h7,10-11,13-15,19H,4-6,8-9,12H2,1-3H3. The van der Waals surface area contributed by atoms with Crippen LogP contribution in [0.4, 0.5) is 5.69 Å². The van der Waals surface area contributed by atoms with E-state index in [-0.39, 0.29) is 5.91 Å². The minimum absolute atomic E-state index is 0.121. The fourth-order valence-electron chi connectivity index (χ4n) is 3.01. The number of carbonyl (C=O) groups is 1. The second-order valence-corrected chi connectivity index (χ2v) is 6.14. The Kier molecular flexibility index (Phi) is 5.66. The van der Waals surface area contributed by atoms with Gasteiger partial charge < -0.3 is 10.2 Å². The first-order valence-electron chi connectivity index (χ1n) is 8.29. The van der Waals surface area contributed by atoms with Gasteiger partial charge in [-0.1, -0.05) is 25.3 Å². The van der Waals surface area contributed by atoms with Crippen LogP contribution in [0.3, 0.4) is 0 Å². The summed E-state index contributed by atoms with van der Waals surface area (Å²) in [5.41, 5.74) is 1.83. The highest BCUT2D eigenvalue weighted by Gasteiger charge is 2.20. The zero-order chi connectivity index (χ0) is 15.2. The van der Waals surface area contributed by atoms with E-state index in [4.69, 9.17) is 0 Å². The molecule has 3 nitrogen and oxygen atoms in total. The predicted octanol–water partition coefficient (Wildman–Crippen LogP) is 4.16. The Hall–Kier alpha value is -1.51.